The average molecular weight is 506 g/mol. The molecule has 3 heterocycles. The molecule has 4 rings (SSSR count). The number of amides is 2. The highest BCUT2D eigenvalue weighted by molar-refractivity contribution is 5.97. The number of benzene rings is 1. The van der Waals surface area contributed by atoms with Crippen LogP contribution in [0.3, 0.4) is 0 Å². The number of rotatable bonds is 4. The summed E-state index contributed by atoms with van der Waals surface area (Å²) in [6.07, 6.45) is -11.3. The van der Waals surface area contributed by atoms with Gasteiger partial charge in [-0.25, -0.2) is 0 Å². The first-order valence-corrected chi connectivity index (χ1v) is 11.1. The Hall–Kier alpha value is -2.92. The van der Waals surface area contributed by atoms with Crippen molar-refractivity contribution in [1.82, 2.24) is 9.80 Å². The zero-order valence-electron chi connectivity index (χ0n) is 18.8. The van der Waals surface area contributed by atoms with Crippen LogP contribution in [0.5, 0.6) is 5.75 Å². The van der Waals surface area contributed by atoms with E-state index < -0.39 is 36.0 Å². The second kappa shape index (κ2) is 8.94. The maximum Gasteiger partial charge on any atom is 0.400 e. The van der Waals surface area contributed by atoms with E-state index in [2.05, 4.69) is 0 Å². The molecular weight excluding hydrogens is 482 g/mol. The molecule has 0 bridgehead atoms. The molecule has 0 N–H and O–H groups in total. The number of ether oxygens (including phenoxy) is 1. The zero-order valence-corrected chi connectivity index (χ0v) is 18.8. The molecule has 192 valence electrons. The number of fused-ring (bicyclic) bond motifs is 1. The summed E-state index contributed by atoms with van der Waals surface area (Å²) in [5.41, 5.74) is 0.0166. The van der Waals surface area contributed by atoms with Gasteiger partial charge in [-0.05, 0) is 36.8 Å². The van der Waals surface area contributed by atoms with Crippen molar-refractivity contribution in [3.63, 3.8) is 0 Å². The number of alkyl halides is 6. The highest BCUT2D eigenvalue weighted by Gasteiger charge is 2.58. The Morgan fingerprint density at radius 3 is 2.20 bits per heavy atom. The van der Waals surface area contributed by atoms with Gasteiger partial charge >= 0.3 is 12.4 Å². The molecule has 2 fully saturated rings. The molecule has 2 saturated heterocycles. The van der Waals surface area contributed by atoms with Crippen LogP contribution in [-0.2, 0) is 4.79 Å². The van der Waals surface area contributed by atoms with Crippen molar-refractivity contribution in [2.24, 2.45) is 11.3 Å². The van der Waals surface area contributed by atoms with E-state index in [-0.39, 0.29) is 24.8 Å². The van der Waals surface area contributed by atoms with Crippen LogP contribution in [0.2, 0.25) is 0 Å². The first-order chi connectivity index (χ1) is 16.3. The normalized spacial score (nSPS) is 18.6. The van der Waals surface area contributed by atoms with Gasteiger partial charge in [0.15, 0.2) is 23.0 Å². The van der Waals surface area contributed by atoms with E-state index in [1.54, 1.807) is 29.2 Å². The van der Waals surface area contributed by atoms with Crippen LogP contribution in [0.4, 0.5) is 26.3 Å². The molecule has 35 heavy (non-hydrogen) atoms. The minimum Gasteiger partial charge on any atom is -0.493 e. The first kappa shape index (κ1) is 25.2. The predicted molar refractivity (Wildman–Crippen MR) is 112 cm³/mol. The van der Waals surface area contributed by atoms with Crippen LogP contribution in [0.1, 0.15) is 36.2 Å². The third-order valence-electron chi connectivity index (χ3n) is 7.01. The summed E-state index contributed by atoms with van der Waals surface area (Å²) in [5, 5.41) is 0.710. The summed E-state index contributed by atoms with van der Waals surface area (Å²) in [6.45, 7) is 0.849. The van der Waals surface area contributed by atoms with E-state index in [0.717, 1.165) is 4.90 Å². The van der Waals surface area contributed by atoms with Gasteiger partial charge in [-0.1, -0.05) is 12.1 Å². The molecule has 6 nitrogen and oxygen atoms in total. The molecule has 0 aliphatic carbocycles. The Balaban J connectivity index is 1.37. The molecule has 0 unspecified atom stereocenters. The van der Waals surface area contributed by atoms with Crippen LogP contribution in [0.25, 0.3) is 11.0 Å². The fourth-order valence-electron chi connectivity index (χ4n) is 4.92. The molecule has 2 aromatic rings. The molecule has 1 aromatic heterocycles. The van der Waals surface area contributed by atoms with Crippen LogP contribution >= 0.6 is 0 Å². The fraction of sp³-hybridized carbons (Fsp3) is 0.565. The SMILES string of the molecule is COc1cccc2cc(C(=O)N3CCC4(CCN(C(=O)CC(C(F)(F)F)C(F)(F)F)C4)CC3)oc12. The van der Waals surface area contributed by atoms with Gasteiger partial charge in [0.25, 0.3) is 5.91 Å². The third kappa shape index (κ3) is 5.06. The van der Waals surface area contributed by atoms with Gasteiger partial charge in [-0.15, -0.1) is 0 Å². The average Bonchev–Trinajstić information content (AvgIpc) is 3.40. The van der Waals surface area contributed by atoms with Crippen LogP contribution in [-0.4, -0.2) is 67.3 Å². The number of methoxy groups -OCH3 is 1. The second-order valence-electron chi connectivity index (χ2n) is 9.19. The van der Waals surface area contributed by atoms with E-state index in [0.29, 0.717) is 49.1 Å². The molecule has 0 atom stereocenters. The molecule has 0 saturated carbocycles. The Labute approximate surface area is 196 Å². The van der Waals surface area contributed by atoms with Gasteiger partial charge < -0.3 is 19.0 Å². The summed E-state index contributed by atoms with van der Waals surface area (Å²) < 4.78 is 88.0. The zero-order chi connectivity index (χ0) is 25.6. The van der Waals surface area contributed by atoms with Crippen molar-refractivity contribution in [3.8, 4) is 5.75 Å². The maximum absolute atomic E-state index is 13.0. The summed E-state index contributed by atoms with van der Waals surface area (Å²) in [5.74, 6) is -4.51. The van der Waals surface area contributed by atoms with Crippen molar-refractivity contribution >= 4 is 22.8 Å². The number of para-hydroxylation sites is 1. The Kier molecular flexibility index (Phi) is 6.43. The van der Waals surface area contributed by atoms with Gasteiger partial charge in [0.1, 0.15) is 0 Å². The van der Waals surface area contributed by atoms with Crippen molar-refractivity contribution in [1.29, 1.82) is 0 Å². The highest BCUT2D eigenvalue weighted by Crippen LogP contribution is 2.44. The Morgan fingerprint density at radius 2 is 1.63 bits per heavy atom. The lowest BCUT2D eigenvalue weighted by atomic mass is 9.77. The van der Waals surface area contributed by atoms with Crippen molar-refractivity contribution in [2.45, 2.75) is 38.0 Å². The molecular formula is C23H24F6N2O4. The monoisotopic (exact) mass is 506 g/mol. The molecule has 0 radical (unpaired) electrons. The van der Waals surface area contributed by atoms with E-state index >= 15 is 0 Å². The van der Waals surface area contributed by atoms with Crippen LogP contribution in [0.15, 0.2) is 28.7 Å². The molecule has 1 aromatic carbocycles. The van der Waals surface area contributed by atoms with E-state index in [4.69, 9.17) is 9.15 Å². The standard InChI is InChI=1S/C23H24F6N2O4/c1-34-15-4-2-3-14-11-16(35-19(14)15)20(33)30-8-5-21(6-9-30)7-10-31(13-21)18(32)12-17(22(24,25)26)23(27,28)29/h2-4,11,17H,5-10,12-13H2,1H3. The summed E-state index contributed by atoms with van der Waals surface area (Å²) in [4.78, 5) is 28.0. The van der Waals surface area contributed by atoms with Gasteiger partial charge in [-0.3, -0.25) is 9.59 Å². The second-order valence-corrected chi connectivity index (χ2v) is 9.19. The number of hydrogen-bond donors (Lipinski definition) is 0. The maximum atomic E-state index is 13.0. The predicted octanol–water partition coefficient (Wildman–Crippen LogP) is 5.03. The quantitative estimate of drug-likeness (QED) is 0.546. The summed E-state index contributed by atoms with van der Waals surface area (Å²) in [7, 11) is 1.49. The van der Waals surface area contributed by atoms with Crippen molar-refractivity contribution < 1.29 is 45.1 Å². The number of carbonyl (C=O) groups excluding carboxylic acids is 2. The number of carbonyl (C=O) groups is 2. The minimum atomic E-state index is -5.54. The molecule has 2 aliphatic rings. The number of hydrogen-bond acceptors (Lipinski definition) is 4. The largest absolute Gasteiger partial charge is 0.493 e. The molecule has 2 aliphatic heterocycles. The van der Waals surface area contributed by atoms with Gasteiger partial charge in [0, 0.05) is 38.0 Å². The molecule has 2 amide bonds. The first-order valence-electron chi connectivity index (χ1n) is 11.1. The van der Waals surface area contributed by atoms with E-state index in [1.807, 2.05) is 0 Å². The van der Waals surface area contributed by atoms with Gasteiger partial charge in [0.2, 0.25) is 5.91 Å². The summed E-state index contributed by atoms with van der Waals surface area (Å²) >= 11 is 0. The van der Waals surface area contributed by atoms with Crippen molar-refractivity contribution in [2.75, 3.05) is 33.3 Å². The van der Waals surface area contributed by atoms with Crippen molar-refractivity contribution in [3.05, 3.63) is 30.0 Å². The van der Waals surface area contributed by atoms with Crippen LogP contribution < -0.4 is 4.74 Å². The number of piperidine rings is 1. The Bertz CT molecular complexity index is 1090. The highest BCUT2D eigenvalue weighted by atomic mass is 19.4. The van der Waals surface area contributed by atoms with Crippen LogP contribution in [0, 0.1) is 11.3 Å². The minimum absolute atomic E-state index is 0.0815. The number of furan rings is 1. The van der Waals surface area contributed by atoms with E-state index in [9.17, 15) is 35.9 Å². The van der Waals surface area contributed by atoms with E-state index in [1.165, 1.54) is 7.11 Å². The lowest BCUT2D eigenvalue weighted by molar-refractivity contribution is -0.284. The van der Waals surface area contributed by atoms with Gasteiger partial charge in [0.05, 0.1) is 7.11 Å². The fourth-order valence-corrected chi connectivity index (χ4v) is 4.92. The third-order valence-corrected chi connectivity index (χ3v) is 7.01. The topological polar surface area (TPSA) is 63.0 Å². The Morgan fingerprint density at radius 1 is 1.03 bits per heavy atom. The smallest absolute Gasteiger partial charge is 0.400 e. The van der Waals surface area contributed by atoms with Gasteiger partial charge in [-0.2, -0.15) is 26.3 Å². The lowest BCUT2D eigenvalue weighted by Gasteiger charge is -2.39. The summed E-state index contributed by atoms with van der Waals surface area (Å²) in [6, 6.07) is 6.89. The number of likely N-dealkylation sites (tertiary alicyclic amines) is 2. The lowest BCUT2D eigenvalue weighted by Crippen LogP contribution is -2.45. The molecule has 1 spiro atoms. The number of nitrogens with zero attached hydrogens (tertiary/aromatic N) is 2. The molecule has 12 heteroatoms. The number of halogens is 6.